The van der Waals surface area contributed by atoms with Crippen LogP contribution in [-0.2, 0) is 4.79 Å². The van der Waals surface area contributed by atoms with Crippen molar-refractivity contribution < 1.29 is 24.2 Å². The topological polar surface area (TPSA) is 76.1 Å². The van der Waals surface area contributed by atoms with Crippen LogP contribution in [0.5, 0.6) is 11.5 Å². The zero-order valence-corrected chi connectivity index (χ0v) is 11.2. The SMILES string of the molecule is CCN(CC(=O)O)C(=O)c1ccc(OC)c(OC)c1. The molecule has 0 radical (unpaired) electrons. The molecule has 0 saturated heterocycles. The number of likely N-dealkylation sites (N-methyl/N-ethyl adjacent to an activating group) is 1. The number of carboxylic acid groups (broad SMARTS) is 1. The van der Waals surface area contributed by atoms with E-state index in [0.717, 1.165) is 0 Å². The van der Waals surface area contributed by atoms with E-state index in [4.69, 9.17) is 14.6 Å². The fraction of sp³-hybridized carbons (Fsp3) is 0.385. The summed E-state index contributed by atoms with van der Waals surface area (Å²) in [6, 6.07) is 4.72. The highest BCUT2D eigenvalue weighted by molar-refractivity contribution is 5.96. The van der Waals surface area contributed by atoms with Crippen molar-refractivity contribution >= 4 is 11.9 Å². The van der Waals surface area contributed by atoms with Crippen LogP contribution in [0.25, 0.3) is 0 Å². The summed E-state index contributed by atoms with van der Waals surface area (Å²) < 4.78 is 10.2. The number of hydrogen-bond donors (Lipinski definition) is 1. The largest absolute Gasteiger partial charge is 0.493 e. The van der Waals surface area contributed by atoms with Crippen LogP contribution < -0.4 is 9.47 Å². The van der Waals surface area contributed by atoms with E-state index < -0.39 is 5.97 Å². The maximum Gasteiger partial charge on any atom is 0.323 e. The number of amides is 1. The summed E-state index contributed by atoms with van der Waals surface area (Å²) in [6.45, 7) is 1.71. The van der Waals surface area contributed by atoms with Gasteiger partial charge in [0.2, 0.25) is 0 Å². The summed E-state index contributed by atoms with van der Waals surface area (Å²) in [5.74, 6) is -0.457. The average molecular weight is 267 g/mol. The fourth-order valence-corrected chi connectivity index (χ4v) is 1.64. The predicted octanol–water partition coefficient (Wildman–Crippen LogP) is 1.25. The third-order valence-electron chi connectivity index (χ3n) is 2.63. The number of nitrogens with zero attached hydrogens (tertiary/aromatic N) is 1. The van der Waals surface area contributed by atoms with Gasteiger partial charge in [-0.2, -0.15) is 0 Å². The molecular formula is C13H17NO5. The maximum atomic E-state index is 12.1. The first-order valence-corrected chi connectivity index (χ1v) is 5.76. The Morgan fingerprint density at radius 1 is 1.21 bits per heavy atom. The van der Waals surface area contributed by atoms with E-state index in [9.17, 15) is 9.59 Å². The molecule has 1 aromatic rings. The van der Waals surface area contributed by atoms with Gasteiger partial charge in [0.05, 0.1) is 14.2 Å². The van der Waals surface area contributed by atoms with Crippen LogP contribution in [0, 0.1) is 0 Å². The molecule has 19 heavy (non-hydrogen) atoms. The Morgan fingerprint density at radius 2 is 1.84 bits per heavy atom. The van der Waals surface area contributed by atoms with Crippen molar-refractivity contribution in [3.05, 3.63) is 23.8 Å². The van der Waals surface area contributed by atoms with Crippen molar-refractivity contribution in [3.8, 4) is 11.5 Å². The van der Waals surface area contributed by atoms with E-state index in [1.54, 1.807) is 19.1 Å². The molecule has 0 saturated carbocycles. The maximum absolute atomic E-state index is 12.1. The zero-order valence-electron chi connectivity index (χ0n) is 11.2. The number of aliphatic carboxylic acids is 1. The molecule has 1 N–H and O–H groups in total. The van der Waals surface area contributed by atoms with Gasteiger partial charge in [0.25, 0.3) is 5.91 Å². The summed E-state index contributed by atoms with van der Waals surface area (Å²) in [6.07, 6.45) is 0. The normalized spacial score (nSPS) is 9.84. The van der Waals surface area contributed by atoms with E-state index in [0.29, 0.717) is 23.6 Å². The monoisotopic (exact) mass is 267 g/mol. The number of carbonyl (C=O) groups excluding carboxylic acids is 1. The first-order valence-electron chi connectivity index (χ1n) is 5.76. The first kappa shape index (κ1) is 14.8. The molecule has 0 bridgehead atoms. The van der Waals surface area contributed by atoms with Gasteiger partial charge in [-0.1, -0.05) is 0 Å². The van der Waals surface area contributed by atoms with Crippen LogP contribution in [0.1, 0.15) is 17.3 Å². The third-order valence-corrected chi connectivity index (χ3v) is 2.63. The van der Waals surface area contributed by atoms with Crippen molar-refractivity contribution in [2.75, 3.05) is 27.3 Å². The smallest absolute Gasteiger partial charge is 0.323 e. The Morgan fingerprint density at radius 3 is 2.32 bits per heavy atom. The Bertz CT molecular complexity index is 472. The minimum atomic E-state index is -1.05. The Labute approximate surface area is 111 Å². The van der Waals surface area contributed by atoms with Gasteiger partial charge in [-0.15, -0.1) is 0 Å². The molecular weight excluding hydrogens is 250 g/mol. The van der Waals surface area contributed by atoms with Gasteiger partial charge in [0.1, 0.15) is 6.54 Å². The second-order valence-corrected chi connectivity index (χ2v) is 3.78. The number of carbonyl (C=O) groups is 2. The third kappa shape index (κ3) is 3.61. The predicted molar refractivity (Wildman–Crippen MR) is 68.8 cm³/mol. The van der Waals surface area contributed by atoms with Crippen LogP contribution in [0.2, 0.25) is 0 Å². The minimum Gasteiger partial charge on any atom is -0.493 e. The number of rotatable bonds is 6. The number of methoxy groups -OCH3 is 2. The van der Waals surface area contributed by atoms with Crippen molar-refractivity contribution in [3.63, 3.8) is 0 Å². The van der Waals surface area contributed by atoms with E-state index in [1.807, 2.05) is 0 Å². The molecule has 0 atom stereocenters. The van der Waals surface area contributed by atoms with Gasteiger partial charge in [0, 0.05) is 12.1 Å². The molecule has 0 aliphatic rings. The van der Waals surface area contributed by atoms with Crippen LogP contribution in [0.15, 0.2) is 18.2 Å². The first-order chi connectivity index (χ1) is 9.03. The minimum absolute atomic E-state index is 0.319. The molecule has 0 fully saturated rings. The summed E-state index contributed by atoms with van der Waals surface area (Å²) in [4.78, 5) is 24.1. The average Bonchev–Trinajstić information content (AvgIpc) is 2.42. The van der Waals surface area contributed by atoms with E-state index >= 15 is 0 Å². The molecule has 1 amide bonds. The van der Waals surface area contributed by atoms with Gasteiger partial charge in [-0.25, -0.2) is 0 Å². The van der Waals surface area contributed by atoms with Gasteiger partial charge in [-0.05, 0) is 25.1 Å². The summed E-state index contributed by atoms with van der Waals surface area (Å²) in [7, 11) is 2.98. The Kier molecular flexibility index (Phi) is 5.17. The van der Waals surface area contributed by atoms with E-state index in [-0.39, 0.29) is 12.5 Å². The lowest BCUT2D eigenvalue weighted by Gasteiger charge is -2.19. The summed E-state index contributed by atoms with van der Waals surface area (Å²) in [5.41, 5.74) is 0.362. The van der Waals surface area contributed by atoms with Crippen LogP contribution in [0.3, 0.4) is 0 Å². The number of ether oxygens (including phenoxy) is 2. The van der Waals surface area contributed by atoms with Gasteiger partial charge in [-0.3, -0.25) is 9.59 Å². The highest BCUT2D eigenvalue weighted by Crippen LogP contribution is 2.27. The zero-order chi connectivity index (χ0) is 14.4. The molecule has 0 aromatic heterocycles. The van der Waals surface area contributed by atoms with E-state index in [1.165, 1.54) is 25.2 Å². The molecule has 6 heteroatoms. The van der Waals surface area contributed by atoms with Crippen LogP contribution in [0.4, 0.5) is 0 Å². The summed E-state index contributed by atoms with van der Waals surface area (Å²) >= 11 is 0. The molecule has 6 nitrogen and oxygen atoms in total. The lowest BCUT2D eigenvalue weighted by atomic mass is 10.1. The Balaban J connectivity index is 3.01. The van der Waals surface area contributed by atoms with E-state index in [2.05, 4.69) is 0 Å². The molecule has 0 spiro atoms. The molecule has 1 rings (SSSR count). The number of carboxylic acids is 1. The second-order valence-electron chi connectivity index (χ2n) is 3.78. The van der Waals surface area contributed by atoms with Gasteiger partial charge < -0.3 is 19.5 Å². The van der Waals surface area contributed by atoms with Crippen molar-refractivity contribution in [2.24, 2.45) is 0 Å². The molecule has 0 unspecified atom stereocenters. The van der Waals surface area contributed by atoms with Gasteiger partial charge >= 0.3 is 5.97 Å². The highest BCUT2D eigenvalue weighted by Gasteiger charge is 2.18. The highest BCUT2D eigenvalue weighted by atomic mass is 16.5. The number of benzene rings is 1. The number of hydrogen-bond acceptors (Lipinski definition) is 4. The van der Waals surface area contributed by atoms with Crippen LogP contribution >= 0.6 is 0 Å². The van der Waals surface area contributed by atoms with Crippen LogP contribution in [-0.4, -0.2) is 49.2 Å². The molecule has 104 valence electrons. The fourth-order valence-electron chi connectivity index (χ4n) is 1.64. The van der Waals surface area contributed by atoms with Crippen molar-refractivity contribution in [1.82, 2.24) is 4.90 Å². The molecule has 0 aliphatic heterocycles. The molecule has 1 aromatic carbocycles. The Hall–Kier alpha value is -2.24. The van der Waals surface area contributed by atoms with Crippen molar-refractivity contribution in [1.29, 1.82) is 0 Å². The van der Waals surface area contributed by atoms with Gasteiger partial charge in [0.15, 0.2) is 11.5 Å². The standard InChI is InChI=1S/C13H17NO5/c1-4-14(8-12(15)16)13(17)9-5-6-10(18-2)11(7-9)19-3/h5-7H,4,8H2,1-3H3,(H,15,16). The lowest BCUT2D eigenvalue weighted by Crippen LogP contribution is -2.35. The lowest BCUT2D eigenvalue weighted by molar-refractivity contribution is -0.137. The molecule has 0 heterocycles. The quantitative estimate of drug-likeness (QED) is 0.839. The van der Waals surface area contributed by atoms with Crippen molar-refractivity contribution in [2.45, 2.75) is 6.92 Å². The summed E-state index contributed by atoms with van der Waals surface area (Å²) in [5, 5.41) is 8.76. The second kappa shape index (κ2) is 6.63. The molecule has 0 aliphatic carbocycles.